The van der Waals surface area contributed by atoms with Gasteiger partial charge in [0.25, 0.3) is 0 Å². The molecule has 84 valence electrons. The summed E-state index contributed by atoms with van der Waals surface area (Å²) in [5.41, 5.74) is 0. The number of nitriles is 1. The van der Waals surface area contributed by atoms with Gasteiger partial charge in [-0.2, -0.15) is 5.26 Å². The molecule has 0 radical (unpaired) electrons. The molecule has 0 aliphatic rings. The van der Waals surface area contributed by atoms with E-state index in [4.69, 9.17) is 5.26 Å². The maximum atomic E-state index is 11.3. The Bertz CT molecular complexity index is 258. The number of carbonyl (C=O) groups is 2. The summed E-state index contributed by atoms with van der Waals surface area (Å²) >= 11 is 0. The molecule has 0 aliphatic heterocycles. The molecule has 1 atom stereocenters. The summed E-state index contributed by atoms with van der Waals surface area (Å²) in [6, 6.07) is 1.89. The highest BCUT2D eigenvalue weighted by molar-refractivity contribution is 5.85. The van der Waals surface area contributed by atoms with Gasteiger partial charge in [-0.25, -0.2) is 0 Å². The van der Waals surface area contributed by atoms with Gasteiger partial charge in [-0.1, -0.05) is 13.3 Å². The van der Waals surface area contributed by atoms with E-state index >= 15 is 0 Å². The zero-order chi connectivity index (χ0) is 11.7. The molecule has 0 rings (SSSR count). The van der Waals surface area contributed by atoms with E-state index in [2.05, 4.69) is 10.1 Å². The first-order chi connectivity index (χ1) is 7.15. The molecule has 1 unspecified atom stereocenters. The summed E-state index contributed by atoms with van der Waals surface area (Å²) in [7, 11) is 0. The fourth-order valence-electron chi connectivity index (χ4n) is 1.04. The van der Waals surface area contributed by atoms with Crippen molar-refractivity contribution < 1.29 is 14.3 Å². The van der Waals surface area contributed by atoms with Gasteiger partial charge in [-0.15, -0.1) is 0 Å². The van der Waals surface area contributed by atoms with E-state index in [0.29, 0.717) is 6.42 Å². The second kappa shape index (κ2) is 7.80. The molecule has 0 aromatic heterocycles. The Morgan fingerprint density at radius 3 is 2.60 bits per heavy atom. The van der Waals surface area contributed by atoms with E-state index < -0.39 is 17.8 Å². The van der Waals surface area contributed by atoms with Gasteiger partial charge in [0, 0.05) is 0 Å². The van der Waals surface area contributed by atoms with Crippen molar-refractivity contribution in [3.8, 4) is 6.07 Å². The SMILES string of the molecule is CCCC(C#N)C(=O)NCC(=O)OCC. The summed E-state index contributed by atoms with van der Waals surface area (Å²) in [6.45, 7) is 3.69. The molecule has 0 aromatic carbocycles. The fraction of sp³-hybridized carbons (Fsp3) is 0.700. The van der Waals surface area contributed by atoms with Crippen LogP contribution in [0.4, 0.5) is 0 Å². The molecule has 0 fully saturated rings. The summed E-state index contributed by atoms with van der Waals surface area (Å²) in [6.07, 6.45) is 1.26. The highest BCUT2D eigenvalue weighted by atomic mass is 16.5. The second-order valence-electron chi connectivity index (χ2n) is 2.99. The Morgan fingerprint density at radius 2 is 2.13 bits per heavy atom. The number of ether oxygens (including phenoxy) is 1. The first-order valence-electron chi connectivity index (χ1n) is 4.98. The number of nitrogens with zero attached hydrogens (tertiary/aromatic N) is 1. The minimum Gasteiger partial charge on any atom is -0.465 e. The molecule has 0 saturated carbocycles. The minimum atomic E-state index is -0.676. The smallest absolute Gasteiger partial charge is 0.325 e. The molecule has 0 aliphatic carbocycles. The topological polar surface area (TPSA) is 79.2 Å². The predicted molar refractivity (Wildman–Crippen MR) is 53.7 cm³/mol. The van der Waals surface area contributed by atoms with Crippen LogP contribution in [0, 0.1) is 17.2 Å². The zero-order valence-electron chi connectivity index (χ0n) is 9.08. The molecular formula is C10H16N2O3. The van der Waals surface area contributed by atoms with Crippen molar-refractivity contribution in [3.05, 3.63) is 0 Å². The lowest BCUT2D eigenvalue weighted by atomic mass is 10.1. The van der Waals surface area contributed by atoms with Gasteiger partial charge < -0.3 is 10.1 Å². The molecule has 0 saturated heterocycles. The van der Waals surface area contributed by atoms with Gasteiger partial charge in [0.2, 0.25) is 5.91 Å². The molecule has 1 amide bonds. The van der Waals surface area contributed by atoms with Gasteiger partial charge in [0.05, 0.1) is 12.7 Å². The summed E-state index contributed by atoms with van der Waals surface area (Å²) < 4.78 is 4.63. The third kappa shape index (κ3) is 5.68. The van der Waals surface area contributed by atoms with Gasteiger partial charge >= 0.3 is 5.97 Å². The standard InChI is InChI=1S/C10H16N2O3/c1-3-5-8(6-11)10(14)12-7-9(13)15-4-2/h8H,3-5,7H2,1-2H3,(H,12,14). The van der Waals surface area contributed by atoms with E-state index in [1.165, 1.54) is 0 Å². The summed E-state index contributed by atoms with van der Waals surface area (Å²) in [5.74, 6) is -1.57. The molecule has 0 spiro atoms. The van der Waals surface area contributed by atoms with Crippen LogP contribution in [-0.2, 0) is 14.3 Å². The van der Waals surface area contributed by atoms with Crippen LogP contribution in [0.15, 0.2) is 0 Å². The molecule has 0 aromatic rings. The van der Waals surface area contributed by atoms with Crippen LogP contribution in [0.25, 0.3) is 0 Å². The highest BCUT2D eigenvalue weighted by Crippen LogP contribution is 2.04. The summed E-state index contributed by atoms with van der Waals surface area (Å²) in [4.78, 5) is 22.2. The van der Waals surface area contributed by atoms with Gasteiger partial charge in [-0.3, -0.25) is 9.59 Å². The minimum absolute atomic E-state index is 0.172. The van der Waals surface area contributed by atoms with Crippen LogP contribution in [0.1, 0.15) is 26.7 Å². The van der Waals surface area contributed by atoms with Crippen LogP contribution in [0.2, 0.25) is 0 Å². The lowest BCUT2D eigenvalue weighted by Gasteiger charge is -2.08. The third-order valence-electron chi connectivity index (χ3n) is 1.76. The molecule has 15 heavy (non-hydrogen) atoms. The van der Waals surface area contributed by atoms with E-state index in [9.17, 15) is 9.59 Å². The Kier molecular flexibility index (Phi) is 6.98. The Morgan fingerprint density at radius 1 is 1.47 bits per heavy atom. The van der Waals surface area contributed by atoms with E-state index in [0.717, 1.165) is 6.42 Å². The van der Waals surface area contributed by atoms with Gasteiger partial charge in [-0.05, 0) is 13.3 Å². The fourth-order valence-corrected chi connectivity index (χ4v) is 1.04. The van der Waals surface area contributed by atoms with Crippen LogP contribution in [0.3, 0.4) is 0 Å². The van der Waals surface area contributed by atoms with E-state index in [1.807, 2.05) is 13.0 Å². The number of hydrogen-bond donors (Lipinski definition) is 1. The number of hydrogen-bond acceptors (Lipinski definition) is 4. The van der Waals surface area contributed by atoms with Crippen molar-refractivity contribution >= 4 is 11.9 Å². The largest absolute Gasteiger partial charge is 0.465 e. The van der Waals surface area contributed by atoms with Crippen molar-refractivity contribution in [1.29, 1.82) is 5.26 Å². The average Bonchev–Trinajstić information content (AvgIpc) is 2.23. The molecule has 1 N–H and O–H groups in total. The van der Waals surface area contributed by atoms with Crippen LogP contribution < -0.4 is 5.32 Å². The first-order valence-corrected chi connectivity index (χ1v) is 4.98. The normalized spacial score (nSPS) is 11.3. The monoisotopic (exact) mass is 212 g/mol. The number of rotatable bonds is 6. The van der Waals surface area contributed by atoms with Crippen LogP contribution >= 0.6 is 0 Å². The van der Waals surface area contributed by atoms with Crippen molar-refractivity contribution in [2.75, 3.05) is 13.2 Å². The Labute approximate surface area is 89.4 Å². The number of carbonyl (C=O) groups excluding carboxylic acids is 2. The van der Waals surface area contributed by atoms with Crippen molar-refractivity contribution in [2.24, 2.45) is 5.92 Å². The second-order valence-corrected chi connectivity index (χ2v) is 2.99. The zero-order valence-corrected chi connectivity index (χ0v) is 9.08. The molecule has 5 heteroatoms. The Hall–Kier alpha value is -1.57. The molecule has 5 nitrogen and oxygen atoms in total. The molecule has 0 bridgehead atoms. The maximum Gasteiger partial charge on any atom is 0.325 e. The average molecular weight is 212 g/mol. The van der Waals surface area contributed by atoms with Gasteiger partial charge in [0.1, 0.15) is 12.5 Å². The quantitative estimate of drug-likeness (QED) is 0.654. The number of esters is 1. The number of amides is 1. The third-order valence-corrected chi connectivity index (χ3v) is 1.76. The lowest BCUT2D eigenvalue weighted by molar-refractivity contribution is -0.143. The van der Waals surface area contributed by atoms with Crippen LogP contribution in [0.5, 0.6) is 0 Å². The molecule has 0 heterocycles. The number of nitrogens with one attached hydrogen (secondary N) is 1. The maximum absolute atomic E-state index is 11.3. The Balaban J connectivity index is 3.91. The predicted octanol–water partition coefficient (Wildman–Crippen LogP) is 0.606. The highest BCUT2D eigenvalue weighted by Gasteiger charge is 2.17. The van der Waals surface area contributed by atoms with E-state index in [1.54, 1.807) is 6.92 Å². The van der Waals surface area contributed by atoms with E-state index in [-0.39, 0.29) is 13.2 Å². The van der Waals surface area contributed by atoms with Crippen molar-refractivity contribution in [1.82, 2.24) is 5.32 Å². The van der Waals surface area contributed by atoms with Gasteiger partial charge in [0.15, 0.2) is 0 Å². The molecular weight excluding hydrogens is 196 g/mol. The lowest BCUT2D eigenvalue weighted by Crippen LogP contribution is -2.34. The first kappa shape index (κ1) is 13.4. The summed E-state index contributed by atoms with van der Waals surface area (Å²) in [5, 5.41) is 11.0. The van der Waals surface area contributed by atoms with Crippen molar-refractivity contribution in [3.63, 3.8) is 0 Å². The van der Waals surface area contributed by atoms with Crippen LogP contribution in [-0.4, -0.2) is 25.0 Å². The van der Waals surface area contributed by atoms with Crippen molar-refractivity contribution in [2.45, 2.75) is 26.7 Å².